The third kappa shape index (κ3) is 5.94. The minimum absolute atomic E-state index is 0.101. The highest BCUT2D eigenvalue weighted by Crippen LogP contribution is 2.28. The van der Waals surface area contributed by atoms with Crippen molar-refractivity contribution in [3.05, 3.63) is 93.4 Å². The molecule has 10 heteroatoms. The van der Waals surface area contributed by atoms with E-state index < -0.39 is 0 Å². The molecule has 0 fully saturated rings. The average molecular weight is 517 g/mol. The van der Waals surface area contributed by atoms with E-state index in [1.807, 2.05) is 47.0 Å². The average Bonchev–Trinajstić information content (AvgIpc) is 3.25. The Kier molecular flexibility index (Phi) is 7.67. The number of nitrogens with one attached hydrogen (secondary N) is 1. The lowest BCUT2D eigenvalue weighted by atomic mass is 10.2. The third-order valence-electron chi connectivity index (χ3n) is 4.43. The number of nitrogens with zero attached hydrogens (tertiary/aromatic N) is 4. The molecule has 33 heavy (non-hydrogen) atoms. The summed E-state index contributed by atoms with van der Waals surface area (Å²) in [5.41, 5.74) is 4.96. The molecule has 0 aliphatic rings. The van der Waals surface area contributed by atoms with Crippen molar-refractivity contribution in [2.24, 2.45) is 5.10 Å². The van der Waals surface area contributed by atoms with Gasteiger partial charge in [0.15, 0.2) is 11.0 Å². The highest BCUT2D eigenvalue weighted by Gasteiger charge is 2.17. The molecule has 1 aromatic heterocycles. The second-order valence-corrected chi connectivity index (χ2v) is 8.93. The third-order valence-corrected chi connectivity index (χ3v) is 6.35. The molecule has 3 aromatic carbocycles. The van der Waals surface area contributed by atoms with Gasteiger partial charge in [0.2, 0.25) is 0 Å². The van der Waals surface area contributed by atoms with Crippen LogP contribution in [0.2, 0.25) is 15.1 Å². The monoisotopic (exact) mass is 515 g/mol. The molecule has 0 saturated carbocycles. The Morgan fingerprint density at radius 3 is 2.45 bits per heavy atom. The summed E-state index contributed by atoms with van der Waals surface area (Å²) in [5, 5.41) is 14.7. The maximum atomic E-state index is 12.3. The maximum absolute atomic E-state index is 12.3. The van der Waals surface area contributed by atoms with Gasteiger partial charge < -0.3 is 0 Å². The number of thioether (sulfide) groups is 1. The molecule has 1 heterocycles. The lowest BCUT2D eigenvalue weighted by Gasteiger charge is -2.10. The zero-order chi connectivity index (χ0) is 23.2. The van der Waals surface area contributed by atoms with Crippen LogP contribution in [0.5, 0.6) is 0 Å². The van der Waals surface area contributed by atoms with Crippen LogP contribution < -0.4 is 5.43 Å². The highest BCUT2D eigenvalue weighted by atomic mass is 35.5. The molecule has 0 aliphatic heterocycles. The Hall–Kier alpha value is -2.84. The summed E-state index contributed by atoms with van der Waals surface area (Å²) in [4.78, 5) is 12.3. The van der Waals surface area contributed by atoms with Gasteiger partial charge in [-0.15, -0.1) is 10.2 Å². The summed E-state index contributed by atoms with van der Waals surface area (Å²) in [6, 6.07) is 22.1. The highest BCUT2D eigenvalue weighted by molar-refractivity contribution is 7.99. The number of hydrogen-bond donors (Lipinski definition) is 1. The van der Waals surface area contributed by atoms with Crippen molar-refractivity contribution in [2.75, 3.05) is 5.75 Å². The Balaban J connectivity index is 1.48. The molecule has 1 N–H and O–H groups in total. The van der Waals surface area contributed by atoms with Gasteiger partial charge in [-0.2, -0.15) is 5.10 Å². The van der Waals surface area contributed by atoms with Crippen LogP contribution in [-0.2, 0) is 4.79 Å². The predicted octanol–water partition coefficient (Wildman–Crippen LogP) is 6.14. The summed E-state index contributed by atoms with van der Waals surface area (Å²) in [6.45, 7) is 0. The number of aromatic nitrogens is 3. The molecule has 0 aliphatic carbocycles. The van der Waals surface area contributed by atoms with Crippen molar-refractivity contribution in [3.63, 3.8) is 0 Å². The molecular formula is C23H16Cl3N5OS. The number of rotatable bonds is 7. The van der Waals surface area contributed by atoms with Crippen LogP contribution in [0.25, 0.3) is 17.1 Å². The van der Waals surface area contributed by atoms with E-state index in [4.69, 9.17) is 34.8 Å². The van der Waals surface area contributed by atoms with E-state index in [-0.39, 0.29) is 11.7 Å². The summed E-state index contributed by atoms with van der Waals surface area (Å²) in [7, 11) is 0. The minimum Gasteiger partial charge on any atom is -0.272 e. The van der Waals surface area contributed by atoms with Crippen molar-refractivity contribution in [2.45, 2.75) is 5.16 Å². The molecule has 166 valence electrons. The number of hydrazone groups is 1. The number of carbonyl (C=O) groups is 1. The normalized spacial score (nSPS) is 11.1. The van der Waals surface area contributed by atoms with Crippen molar-refractivity contribution in [1.82, 2.24) is 20.2 Å². The number of benzene rings is 3. The molecule has 0 bridgehead atoms. The molecule has 0 atom stereocenters. The fraction of sp³-hybridized carbons (Fsp3) is 0.0435. The lowest BCUT2D eigenvalue weighted by Crippen LogP contribution is -2.20. The topological polar surface area (TPSA) is 72.2 Å². The van der Waals surface area contributed by atoms with Gasteiger partial charge in [-0.1, -0.05) is 70.8 Å². The van der Waals surface area contributed by atoms with Crippen molar-refractivity contribution in [3.8, 4) is 17.1 Å². The molecule has 1 amide bonds. The lowest BCUT2D eigenvalue weighted by molar-refractivity contribution is -0.118. The van der Waals surface area contributed by atoms with Gasteiger partial charge >= 0.3 is 0 Å². The SMILES string of the molecule is O=C(CSc1nnc(-c2ccc(Cl)cc2)n1-c1ccccc1)N/N=C\c1ccc(Cl)c(Cl)c1. The van der Waals surface area contributed by atoms with Gasteiger partial charge in [0.25, 0.3) is 5.91 Å². The fourth-order valence-corrected chi connectivity index (χ4v) is 4.07. The van der Waals surface area contributed by atoms with Crippen molar-refractivity contribution < 1.29 is 4.79 Å². The summed E-state index contributed by atoms with van der Waals surface area (Å²) >= 11 is 19.2. The number of halogens is 3. The van der Waals surface area contributed by atoms with Crippen LogP contribution in [-0.4, -0.2) is 32.6 Å². The molecule has 6 nitrogen and oxygen atoms in total. The zero-order valence-electron chi connectivity index (χ0n) is 17.0. The molecule has 0 radical (unpaired) electrons. The first-order chi connectivity index (χ1) is 16.0. The van der Waals surface area contributed by atoms with E-state index in [9.17, 15) is 4.79 Å². The first kappa shape index (κ1) is 23.3. The second-order valence-electron chi connectivity index (χ2n) is 6.74. The van der Waals surface area contributed by atoms with Crippen LogP contribution in [0, 0.1) is 0 Å². The number of para-hydroxylation sites is 1. The fourth-order valence-electron chi connectivity index (χ4n) is 2.89. The predicted molar refractivity (Wildman–Crippen MR) is 135 cm³/mol. The second kappa shape index (κ2) is 10.9. The van der Waals surface area contributed by atoms with Crippen molar-refractivity contribution in [1.29, 1.82) is 0 Å². The van der Waals surface area contributed by atoms with E-state index in [2.05, 4.69) is 20.7 Å². The van der Waals surface area contributed by atoms with Gasteiger partial charge in [-0.05, 0) is 54.1 Å². The molecule has 0 unspecified atom stereocenters. The quantitative estimate of drug-likeness (QED) is 0.182. The van der Waals surface area contributed by atoms with Crippen molar-refractivity contribution >= 4 is 58.7 Å². The standard InChI is InChI=1S/C23H16Cl3N5OS/c24-17-9-7-16(8-10-17)22-29-30-23(31(22)18-4-2-1-3-5-18)33-14-21(32)28-27-13-15-6-11-19(25)20(26)12-15/h1-13H,14H2,(H,28,32)/b27-13-. The van der Waals surface area contributed by atoms with Crippen LogP contribution in [0.3, 0.4) is 0 Å². The van der Waals surface area contributed by atoms with E-state index >= 15 is 0 Å². The Morgan fingerprint density at radius 1 is 0.970 bits per heavy atom. The minimum atomic E-state index is -0.285. The Morgan fingerprint density at radius 2 is 1.73 bits per heavy atom. The molecule has 0 saturated heterocycles. The van der Waals surface area contributed by atoms with Gasteiger partial charge in [0.1, 0.15) is 0 Å². The van der Waals surface area contributed by atoms with Gasteiger partial charge in [-0.25, -0.2) is 5.43 Å². The van der Waals surface area contributed by atoms with Crippen LogP contribution in [0.4, 0.5) is 0 Å². The molecule has 4 rings (SSSR count). The molecule has 4 aromatic rings. The first-order valence-corrected chi connectivity index (χ1v) is 11.8. The number of amides is 1. The van der Waals surface area contributed by atoms with Gasteiger partial charge in [0, 0.05) is 16.3 Å². The van der Waals surface area contributed by atoms with Gasteiger partial charge in [0.05, 0.1) is 22.0 Å². The summed E-state index contributed by atoms with van der Waals surface area (Å²) < 4.78 is 1.90. The molecule has 0 spiro atoms. The summed E-state index contributed by atoms with van der Waals surface area (Å²) in [6.07, 6.45) is 1.50. The van der Waals surface area contributed by atoms with E-state index in [0.29, 0.717) is 31.6 Å². The Bertz CT molecular complexity index is 1290. The van der Waals surface area contributed by atoms with Gasteiger partial charge in [-0.3, -0.25) is 9.36 Å². The number of carbonyl (C=O) groups excluding carboxylic acids is 1. The maximum Gasteiger partial charge on any atom is 0.250 e. The smallest absolute Gasteiger partial charge is 0.250 e. The summed E-state index contributed by atoms with van der Waals surface area (Å²) in [5.74, 6) is 0.468. The van der Waals surface area contributed by atoms with E-state index in [1.165, 1.54) is 18.0 Å². The van der Waals surface area contributed by atoms with Crippen LogP contribution >= 0.6 is 46.6 Å². The van der Waals surface area contributed by atoms with Crippen LogP contribution in [0.1, 0.15) is 5.56 Å². The van der Waals surface area contributed by atoms with E-state index in [1.54, 1.807) is 30.3 Å². The largest absolute Gasteiger partial charge is 0.272 e. The number of hydrogen-bond acceptors (Lipinski definition) is 5. The first-order valence-electron chi connectivity index (χ1n) is 9.68. The Labute approximate surface area is 209 Å². The van der Waals surface area contributed by atoms with E-state index in [0.717, 1.165) is 11.3 Å². The van der Waals surface area contributed by atoms with Crippen LogP contribution in [0.15, 0.2) is 83.1 Å². The zero-order valence-corrected chi connectivity index (χ0v) is 20.0. The molecular weight excluding hydrogens is 501 g/mol.